The molecule has 1 rings (SSSR count). The summed E-state index contributed by atoms with van der Waals surface area (Å²) in [6, 6.07) is 0.487. The monoisotopic (exact) mass is 270 g/mol. The van der Waals surface area contributed by atoms with E-state index in [1.807, 2.05) is 0 Å². The van der Waals surface area contributed by atoms with Crippen molar-refractivity contribution < 1.29 is 31.5 Å². The van der Waals surface area contributed by atoms with Crippen molar-refractivity contribution in [2.24, 2.45) is 5.73 Å². The van der Waals surface area contributed by atoms with E-state index in [4.69, 9.17) is 5.73 Å². The van der Waals surface area contributed by atoms with E-state index in [0.29, 0.717) is 6.07 Å². The van der Waals surface area contributed by atoms with Gasteiger partial charge >= 0.3 is 6.36 Å². The number of rotatable bonds is 4. The molecule has 100 valence electrons. The third-order valence-electron chi connectivity index (χ3n) is 1.88. The van der Waals surface area contributed by atoms with E-state index in [1.54, 1.807) is 0 Å². The van der Waals surface area contributed by atoms with Crippen molar-refractivity contribution in [2.75, 3.05) is 0 Å². The third kappa shape index (κ3) is 3.36. The summed E-state index contributed by atoms with van der Waals surface area (Å²) >= 11 is 0. The van der Waals surface area contributed by atoms with Crippen LogP contribution >= 0.6 is 0 Å². The maximum Gasteiger partial charge on any atom is 0.573 e. The van der Waals surface area contributed by atoms with E-state index in [0.717, 1.165) is 0 Å². The first kappa shape index (κ1) is 14.3. The van der Waals surface area contributed by atoms with Crippen molar-refractivity contribution in [2.45, 2.75) is 19.3 Å². The molecule has 0 atom stereocenters. The molecule has 18 heavy (non-hydrogen) atoms. The molecule has 0 amide bonds. The number of alkyl halides is 5. The maximum absolute atomic E-state index is 12.7. The van der Waals surface area contributed by atoms with E-state index in [1.165, 1.54) is 0 Å². The number of hydrogen-bond acceptors (Lipinski definition) is 4. The van der Waals surface area contributed by atoms with E-state index in [2.05, 4.69) is 9.72 Å². The molecule has 0 saturated carbocycles. The van der Waals surface area contributed by atoms with Gasteiger partial charge in [0, 0.05) is 12.6 Å². The second-order valence-corrected chi connectivity index (χ2v) is 3.08. The molecule has 2 N–H and O–H groups in total. The van der Waals surface area contributed by atoms with Crippen molar-refractivity contribution in [1.29, 1.82) is 0 Å². The molecule has 1 aromatic rings. The molecule has 1 aromatic heterocycles. The molecule has 0 radical (unpaired) electrons. The first-order valence-electron chi connectivity index (χ1n) is 4.51. The molecule has 1 heterocycles. The third-order valence-corrected chi connectivity index (χ3v) is 1.88. The highest BCUT2D eigenvalue weighted by Gasteiger charge is 2.34. The Kier molecular flexibility index (Phi) is 4.17. The normalized spacial score (nSPS) is 11.7. The highest BCUT2D eigenvalue weighted by molar-refractivity contribution is 5.73. The van der Waals surface area contributed by atoms with E-state index >= 15 is 0 Å². The molecule has 0 aliphatic rings. The van der Waals surface area contributed by atoms with Crippen LogP contribution in [0.4, 0.5) is 22.0 Å². The summed E-state index contributed by atoms with van der Waals surface area (Å²) in [6.07, 6.45) is -8.30. The molecule has 0 bridgehead atoms. The van der Waals surface area contributed by atoms with Crippen molar-refractivity contribution in [3.8, 4) is 5.75 Å². The number of nitrogens with two attached hydrogens (primary N) is 1. The summed E-state index contributed by atoms with van der Waals surface area (Å²) in [7, 11) is 0. The van der Waals surface area contributed by atoms with E-state index < -0.39 is 42.0 Å². The standard InChI is InChI=1S/C9H7F5N2O2/c10-8(11)7-5(2-15)16-4(3-17)1-6(7)18-9(12,13)14/h1,3,8H,2,15H2. The van der Waals surface area contributed by atoms with Gasteiger partial charge in [0.05, 0.1) is 11.3 Å². The van der Waals surface area contributed by atoms with Gasteiger partial charge in [0.15, 0.2) is 6.29 Å². The van der Waals surface area contributed by atoms with Gasteiger partial charge in [-0.2, -0.15) is 0 Å². The molecule has 0 spiro atoms. The molecular formula is C9H7F5N2O2. The molecule has 0 aromatic carbocycles. The van der Waals surface area contributed by atoms with Crippen LogP contribution in [-0.4, -0.2) is 17.6 Å². The predicted molar refractivity (Wildman–Crippen MR) is 49.2 cm³/mol. The van der Waals surface area contributed by atoms with Gasteiger partial charge in [-0.1, -0.05) is 0 Å². The number of halogens is 5. The summed E-state index contributed by atoms with van der Waals surface area (Å²) in [5, 5.41) is 0. The Hall–Kier alpha value is -1.77. The minimum absolute atomic E-state index is 0.109. The Morgan fingerprint density at radius 2 is 2.06 bits per heavy atom. The van der Waals surface area contributed by atoms with Gasteiger partial charge < -0.3 is 10.5 Å². The van der Waals surface area contributed by atoms with Crippen LogP contribution in [-0.2, 0) is 6.54 Å². The van der Waals surface area contributed by atoms with Crippen LogP contribution < -0.4 is 10.5 Å². The van der Waals surface area contributed by atoms with Crippen LogP contribution in [0.15, 0.2) is 6.07 Å². The highest BCUT2D eigenvalue weighted by Crippen LogP contribution is 2.35. The summed E-state index contributed by atoms with van der Waals surface area (Å²) in [5.74, 6) is -1.17. The number of carbonyl (C=O) groups is 1. The van der Waals surface area contributed by atoms with Crippen LogP contribution in [0.25, 0.3) is 0 Å². The first-order valence-corrected chi connectivity index (χ1v) is 4.51. The fourth-order valence-corrected chi connectivity index (χ4v) is 1.26. The summed E-state index contributed by atoms with van der Waals surface area (Å²) in [4.78, 5) is 13.8. The second kappa shape index (κ2) is 5.25. The van der Waals surface area contributed by atoms with Crippen molar-refractivity contribution in [1.82, 2.24) is 4.98 Å². The van der Waals surface area contributed by atoms with Crippen LogP contribution in [0.1, 0.15) is 28.2 Å². The predicted octanol–water partition coefficient (Wildman–Crippen LogP) is 2.19. The molecule has 0 aliphatic carbocycles. The second-order valence-electron chi connectivity index (χ2n) is 3.08. The average Bonchev–Trinajstić information content (AvgIpc) is 2.25. The Labute approximate surface area is 97.6 Å². The van der Waals surface area contributed by atoms with Crippen LogP contribution in [0.5, 0.6) is 5.75 Å². The van der Waals surface area contributed by atoms with Crippen LogP contribution in [0.3, 0.4) is 0 Å². The maximum atomic E-state index is 12.7. The number of pyridine rings is 1. The van der Waals surface area contributed by atoms with Crippen molar-refractivity contribution in [3.05, 3.63) is 23.0 Å². The molecular weight excluding hydrogens is 263 g/mol. The molecule has 0 unspecified atom stereocenters. The van der Waals surface area contributed by atoms with E-state index in [-0.39, 0.29) is 6.29 Å². The van der Waals surface area contributed by atoms with Crippen molar-refractivity contribution >= 4 is 6.29 Å². The molecule has 0 fully saturated rings. The number of aldehydes is 1. The van der Waals surface area contributed by atoms with Gasteiger partial charge in [-0.15, -0.1) is 13.2 Å². The van der Waals surface area contributed by atoms with Gasteiger partial charge in [-0.3, -0.25) is 4.79 Å². The lowest BCUT2D eigenvalue weighted by Gasteiger charge is -2.15. The Balaban J connectivity index is 3.39. The zero-order chi connectivity index (χ0) is 13.9. The zero-order valence-corrected chi connectivity index (χ0v) is 8.67. The molecule has 0 aliphatic heterocycles. The minimum atomic E-state index is -5.16. The average molecular weight is 270 g/mol. The quantitative estimate of drug-likeness (QED) is 0.672. The number of ether oxygens (including phenoxy) is 1. The van der Waals surface area contributed by atoms with Gasteiger partial charge in [0.1, 0.15) is 11.4 Å². The smallest absolute Gasteiger partial charge is 0.405 e. The lowest BCUT2D eigenvalue weighted by molar-refractivity contribution is -0.275. The lowest BCUT2D eigenvalue weighted by atomic mass is 10.1. The zero-order valence-electron chi connectivity index (χ0n) is 8.67. The largest absolute Gasteiger partial charge is 0.573 e. The summed E-state index contributed by atoms with van der Waals surface area (Å²) in [5.41, 5.74) is 3.03. The Morgan fingerprint density at radius 3 is 2.44 bits per heavy atom. The van der Waals surface area contributed by atoms with Gasteiger partial charge in [0.2, 0.25) is 0 Å². The van der Waals surface area contributed by atoms with Crippen LogP contribution in [0.2, 0.25) is 0 Å². The number of aromatic nitrogens is 1. The topological polar surface area (TPSA) is 65.2 Å². The minimum Gasteiger partial charge on any atom is -0.405 e. The van der Waals surface area contributed by atoms with E-state index in [9.17, 15) is 26.7 Å². The molecule has 0 saturated heterocycles. The van der Waals surface area contributed by atoms with Gasteiger partial charge in [-0.25, -0.2) is 13.8 Å². The van der Waals surface area contributed by atoms with Gasteiger partial charge in [-0.05, 0) is 0 Å². The number of carbonyl (C=O) groups excluding carboxylic acids is 1. The molecule has 9 heteroatoms. The Bertz CT molecular complexity index is 447. The fraction of sp³-hybridized carbons (Fsp3) is 0.333. The van der Waals surface area contributed by atoms with Crippen molar-refractivity contribution in [3.63, 3.8) is 0 Å². The Morgan fingerprint density at radius 1 is 1.44 bits per heavy atom. The highest BCUT2D eigenvalue weighted by atomic mass is 19.4. The summed E-state index contributed by atoms with van der Waals surface area (Å²) in [6.45, 7) is -0.546. The number of nitrogens with zero attached hydrogens (tertiary/aromatic N) is 1. The first-order chi connectivity index (χ1) is 8.28. The van der Waals surface area contributed by atoms with Gasteiger partial charge in [0.25, 0.3) is 6.43 Å². The number of hydrogen-bond donors (Lipinski definition) is 1. The summed E-state index contributed by atoms with van der Waals surface area (Å²) < 4.78 is 64.9. The van der Waals surface area contributed by atoms with Crippen LogP contribution in [0, 0.1) is 0 Å². The lowest BCUT2D eigenvalue weighted by Crippen LogP contribution is -2.20. The SMILES string of the molecule is NCc1nc(C=O)cc(OC(F)(F)F)c1C(F)F. The fourth-order valence-electron chi connectivity index (χ4n) is 1.26. The molecule has 4 nitrogen and oxygen atoms in total.